The summed E-state index contributed by atoms with van der Waals surface area (Å²) in [4.78, 5) is 10.9. The molecule has 0 amide bonds. The first-order chi connectivity index (χ1) is 8.19. The Balaban J connectivity index is 2.61. The number of carbonyl (C=O) groups excluding carboxylic acids is 1. The van der Waals surface area contributed by atoms with E-state index < -0.39 is 6.10 Å². The van der Waals surface area contributed by atoms with Crippen molar-refractivity contribution in [3.05, 3.63) is 29.8 Å². The Morgan fingerprint density at radius 1 is 1.41 bits per heavy atom. The highest BCUT2D eigenvalue weighted by atomic mass is 16.5. The summed E-state index contributed by atoms with van der Waals surface area (Å²) in [5.74, 6) is 0.310. The van der Waals surface area contributed by atoms with Gasteiger partial charge in [0.05, 0.1) is 26.2 Å². The minimum Gasteiger partial charge on any atom is -0.493 e. The third-order valence-electron chi connectivity index (χ3n) is 2.46. The summed E-state index contributed by atoms with van der Waals surface area (Å²) in [6.45, 7) is 2.15. The van der Waals surface area contributed by atoms with Crippen LogP contribution < -0.4 is 4.74 Å². The van der Waals surface area contributed by atoms with Gasteiger partial charge in [0, 0.05) is 5.56 Å². The molecule has 0 aliphatic rings. The number of aliphatic hydroxyl groups is 1. The highest BCUT2D eigenvalue weighted by molar-refractivity contribution is 5.69. The average molecular weight is 238 g/mol. The second-order valence-electron chi connectivity index (χ2n) is 3.64. The van der Waals surface area contributed by atoms with E-state index in [9.17, 15) is 9.90 Å². The van der Waals surface area contributed by atoms with Crippen LogP contribution in [0.4, 0.5) is 0 Å². The molecule has 1 unspecified atom stereocenters. The van der Waals surface area contributed by atoms with Crippen LogP contribution in [-0.2, 0) is 9.53 Å². The highest BCUT2D eigenvalue weighted by Crippen LogP contribution is 2.26. The van der Waals surface area contributed by atoms with Gasteiger partial charge in [-0.25, -0.2) is 0 Å². The van der Waals surface area contributed by atoms with Gasteiger partial charge in [0.1, 0.15) is 5.75 Å². The zero-order chi connectivity index (χ0) is 12.7. The fraction of sp³-hybridized carbons (Fsp3) is 0.462. The molecule has 0 saturated heterocycles. The lowest BCUT2D eigenvalue weighted by Crippen LogP contribution is -2.09. The number of hydrogen-bond donors (Lipinski definition) is 1. The number of esters is 1. The van der Waals surface area contributed by atoms with E-state index in [4.69, 9.17) is 4.74 Å². The summed E-state index contributed by atoms with van der Waals surface area (Å²) in [5, 5.41) is 9.79. The molecular formula is C13H18O4. The molecule has 94 valence electrons. The lowest BCUT2D eigenvalue weighted by atomic mass is 10.1. The Bertz CT molecular complexity index is 362. The fourth-order valence-corrected chi connectivity index (χ4v) is 1.45. The van der Waals surface area contributed by atoms with Crippen LogP contribution in [0.2, 0.25) is 0 Å². The molecule has 1 aromatic carbocycles. The van der Waals surface area contributed by atoms with E-state index in [1.54, 1.807) is 6.07 Å². The third kappa shape index (κ3) is 4.07. The fourth-order valence-electron chi connectivity index (χ4n) is 1.45. The first kappa shape index (κ1) is 13.5. The van der Waals surface area contributed by atoms with E-state index in [2.05, 4.69) is 4.74 Å². The first-order valence-corrected chi connectivity index (χ1v) is 5.65. The van der Waals surface area contributed by atoms with Crippen molar-refractivity contribution in [3.8, 4) is 5.75 Å². The van der Waals surface area contributed by atoms with Crippen LogP contribution in [0.3, 0.4) is 0 Å². The van der Waals surface area contributed by atoms with Crippen molar-refractivity contribution >= 4 is 5.97 Å². The van der Waals surface area contributed by atoms with Crippen LogP contribution in [0.25, 0.3) is 0 Å². The summed E-state index contributed by atoms with van der Waals surface area (Å²) in [6, 6.07) is 7.29. The van der Waals surface area contributed by atoms with E-state index >= 15 is 0 Å². The van der Waals surface area contributed by atoms with Gasteiger partial charge in [-0.2, -0.15) is 0 Å². The van der Waals surface area contributed by atoms with Gasteiger partial charge in [0.15, 0.2) is 0 Å². The van der Waals surface area contributed by atoms with Crippen LogP contribution >= 0.6 is 0 Å². The van der Waals surface area contributed by atoms with E-state index in [1.807, 2.05) is 25.1 Å². The first-order valence-electron chi connectivity index (χ1n) is 5.65. The van der Waals surface area contributed by atoms with Crippen molar-refractivity contribution in [2.45, 2.75) is 25.9 Å². The van der Waals surface area contributed by atoms with Gasteiger partial charge >= 0.3 is 5.97 Å². The smallest absolute Gasteiger partial charge is 0.308 e. The third-order valence-corrected chi connectivity index (χ3v) is 2.46. The maximum absolute atomic E-state index is 10.9. The molecule has 1 N–H and O–H groups in total. The van der Waals surface area contributed by atoms with Crippen LogP contribution in [0.1, 0.15) is 31.4 Å². The molecule has 0 spiro atoms. The van der Waals surface area contributed by atoms with Crippen LogP contribution in [0.15, 0.2) is 24.3 Å². The molecule has 0 aliphatic carbocycles. The normalized spacial score (nSPS) is 11.9. The predicted octanol–water partition coefficient (Wildman–Crippen LogP) is 2.07. The van der Waals surface area contributed by atoms with Crippen molar-refractivity contribution in [2.75, 3.05) is 13.7 Å². The van der Waals surface area contributed by atoms with Crippen LogP contribution in [0, 0.1) is 0 Å². The Morgan fingerprint density at radius 2 is 2.12 bits per heavy atom. The number of rotatable bonds is 6. The number of ether oxygens (including phenoxy) is 2. The van der Waals surface area contributed by atoms with Crippen molar-refractivity contribution < 1.29 is 19.4 Å². The average Bonchev–Trinajstić information content (AvgIpc) is 2.38. The summed E-state index contributed by atoms with van der Waals surface area (Å²) in [7, 11) is 1.34. The molecule has 0 bridgehead atoms. The molecule has 1 atom stereocenters. The van der Waals surface area contributed by atoms with Crippen LogP contribution in [-0.4, -0.2) is 24.8 Å². The molecule has 0 heterocycles. The molecule has 1 rings (SSSR count). The number of carbonyl (C=O) groups is 1. The second kappa shape index (κ2) is 6.91. The quantitative estimate of drug-likeness (QED) is 0.771. The Hall–Kier alpha value is -1.55. The Morgan fingerprint density at radius 3 is 2.76 bits per heavy atom. The topological polar surface area (TPSA) is 55.8 Å². The van der Waals surface area contributed by atoms with Crippen LogP contribution in [0.5, 0.6) is 5.75 Å². The van der Waals surface area contributed by atoms with E-state index in [-0.39, 0.29) is 19.0 Å². The summed E-state index contributed by atoms with van der Waals surface area (Å²) in [5.41, 5.74) is 0.750. The summed E-state index contributed by atoms with van der Waals surface area (Å²) >= 11 is 0. The van der Waals surface area contributed by atoms with Crippen molar-refractivity contribution in [1.29, 1.82) is 0 Å². The predicted molar refractivity (Wildman–Crippen MR) is 63.8 cm³/mol. The van der Waals surface area contributed by atoms with Crippen molar-refractivity contribution in [2.24, 2.45) is 0 Å². The largest absolute Gasteiger partial charge is 0.493 e. The molecule has 1 aromatic rings. The minimum atomic E-state index is -0.538. The van der Waals surface area contributed by atoms with Crippen molar-refractivity contribution in [3.63, 3.8) is 0 Å². The molecule has 4 nitrogen and oxygen atoms in total. The maximum atomic E-state index is 10.9. The van der Waals surface area contributed by atoms with Gasteiger partial charge in [0.2, 0.25) is 0 Å². The lowest BCUT2D eigenvalue weighted by molar-refractivity contribution is -0.141. The molecule has 0 aliphatic heterocycles. The summed E-state index contributed by atoms with van der Waals surface area (Å²) < 4.78 is 9.99. The molecule has 17 heavy (non-hydrogen) atoms. The van der Waals surface area contributed by atoms with Gasteiger partial charge in [-0.3, -0.25) is 4.79 Å². The number of para-hydroxylation sites is 1. The molecule has 0 fully saturated rings. The van der Waals surface area contributed by atoms with Gasteiger partial charge in [0.25, 0.3) is 0 Å². The monoisotopic (exact) mass is 238 g/mol. The van der Waals surface area contributed by atoms with E-state index in [0.717, 1.165) is 5.56 Å². The highest BCUT2D eigenvalue weighted by Gasteiger charge is 2.11. The van der Waals surface area contributed by atoms with Gasteiger partial charge in [-0.15, -0.1) is 0 Å². The Kier molecular flexibility index (Phi) is 5.49. The number of methoxy groups -OCH3 is 1. The molecular weight excluding hydrogens is 220 g/mol. The van der Waals surface area contributed by atoms with Gasteiger partial charge in [-0.05, 0) is 12.5 Å². The summed E-state index contributed by atoms with van der Waals surface area (Å²) in [6.07, 6.45) is 0.286. The van der Waals surface area contributed by atoms with E-state index in [1.165, 1.54) is 7.11 Å². The number of aliphatic hydroxyl groups excluding tert-OH is 1. The molecule has 0 saturated carbocycles. The maximum Gasteiger partial charge on any atom is 0.308 e. The Labute approximate surface area is 101 Å². The van der Waals surface area contributed by atoms with E-state index in [0.29, 0.717) is 12.2 Å². The molecule has 0 radical (unpaired) electrons. The van der Waals surface area contributed by atoms with Crippen molar-refractivity contribution in [1.82, 2.24) is 0 Å². The standard InChI is InChI=1S/C13H18O4/c1-3-11(14)10-6-4-5-7-12(10)17-9-8-13(15)16-2/h4-7,11,14H,3,8-9H2,1-2H3. The zero-order valence-electron chi connectivity index (χ0n) is 10.2. The number of hydrogen-bond acceptors (Lipinski definition) is 4. The second-order valence-corrected chi connectivity index (χ2v) is 3.64. The molecule has 0 aromatic heterocycles. The van der Waals surface area contributed by atoms with Gasteiger partial charge < -0.3 is 14.6 Å². The van der Waals surface area contributed by atoms with Gasteiger partial charge in [-0.1, -0.05) is 25.1 Å². The lowest BCUT2D eigenvalue weighted by Gasteiger charge is -2.14. The zero-order valence-corrected chi connectivity index (χ0v) is 10.2. The SMILES string of the molecule is CCC(O)c1ccccc1OCCC(=O)OC. The minimum absolute atomic E-state index is 0.201. The number of benzene rings is 1. The molecule has 4 heteroatoms.